The molecular formula is C27H29NO5. The summed E-state index contributed by atoms with van der Waals surface area (Å²) in [6.45, 7) is 5.41. The molecule has 33 heavy (non-hydrogen) atoms. The van der Waals surface area contributed by atoms with Crippen LogP contribution in [-0.2, 0) is 9.57 Å². The highest BCUT2D eigenvalue weighted by molar-refractivity contribution is 6.27. The SMILES string of the molecule is COc1ccc(C(CCCCC2=NOC(C)(C)O2)C2=C(C)C(=O)c3ccccc3C2=O)cc1. The van der Waals surface area contributed by atoms with Gasteiger partial charge in [-0.3, -0.25) is 9.59 Å². The molecule has 1 unspecified atom stereocenters. The highest BCUT2D eigenvalue weighted by Gasteiger charge is 2.34. The summed E-state index contributed by atoms with van der Waals surface area (Å²) in [6.07, 6.45) is 3.04. The first kappa shape index (κ1) is 22.8. The van der Waals surface area contributed by atoms with Crippen molar-refractivity contribution in [2.45, 2.75) is 58.2 Å². The lowest BCUT2D eigenvalue weighted by molar-refractivity contribution is -0.129. The van der Waals surface area contributed by atoms with Crippen LogP contribution in [0.25, 0.3) is 0 Å². The molecule has 0 N–H and O–H groups in total. The number of allylic oxidation sites excluding steroid dienone is 2. The number of hydrogen-bond donors (Lipinski definition) is 0. The van der Waals surface area contributed by atoms with Crippen LogP contribution in [0.5, 0.6) is 5.75 Å². The smallest absolute Gasteiger partial charge is 0.271 e. The standard InChI is InChI=1S/C27H29NO5/c1-17-24(26(30)22-11-6-5-10-21(22)25(17)29)20(18-13-15-19(31-4)16-14-18)9-7-8-12-23-28-33-27(2,3)32-23/h5-6,10-11,13-16,20H,7-9,12H2,1-4H3. The number of hydrogen-bond acceptors (Lipinski definition) is 6. The first-order valence-electron chi connectivity index (χ1n) is 11.3. The van der Waals surface area contributed by atoms with E-state index in [-0.39, 0.29) is 17.5 Å². The molecule has 4 rings (SSSR count). The minimum atomic E-state index is -0.717. The third-order valence-corrected chi connectivity index (χ3v) is 6.14. The zero-order valence-electron chi connectivity index (χ0n) is 19.5. The molecule has 0 amide bonds. The van der Waals surface area contributed by atoms with E-state index in [9.17, 15) is 9.59 Å². The van der Waals surface area contributed by atoms with Crippen LogP contribution < -0.4 is 4.74 Å². The number of ether oxygens (including phenoxy) is 2. The van der Waals surface area contributed by atoms with Crippen molar-refractivity contribution in [2.75, 3.05) is 7.11 Å². The molecular weight excluding hydrogens is 418 g/mol. The monoisotopic (exact) mass is 447 g/mol. The molecule has 0 spiro atoms. The van der Waals surface area contributed by atoms with Gasteiger partial charge in [0.25, 0.3) is 5.79 Å². The lowest BCUT2D eigenvalue weighted by Crippen LogP contribution is -2.25. The molecule has 1 heterocycles. The van der Waals surface area contributed by atoms with Gasteiger partial charge in [-0.2, -0.15) is 0 Å². The quantitative estimate of drug-likeness (QED) is 0.476. The maximum atomic E-state index is 13.5. The predicted octanol–water partition coefficient (Wildman–Crippen LogP) is 5.83. The van der Waals surface area contributed by atoms with Gasteiger partial charge in [0.15, 0.2) is 11.6 Å². The molecule has 0 saturated carbocycles. The molecule has 2 aliphatic rings. The topological polar surface area (TPSA) is 74.2 Å². The number of ketones is 2. The molecule has 2 aromatic rings. The van der Waals surface area contributed by atoms with Crippen LogP contribution in [0.3, 0.4) is 0 Å². The van der Waals surface area contributed by atoms with Crippen LogP contribution in [0, 0.1) is 0 Å². The van der Waals surface area contributed by atoms with E-state index in [1.807, 2.05) is 38.1 Å². The summed E-state index contributed by atoms with van der Waals surface area (Å²) in [4.78, 5) is 31.9. The van der Waals surface area contributed by atoms with Crippen molar-refractivity contribution in [3.05, 3.63) is 76.4 Å². The van der Waals surface area contributed by atoms with Gasteiger partial charge < -0.3 is 14.3 Å². The molecule has 1 aliphatic carbocycles. The minimum Gasteiger partial charge on any atom is -0.497 e. The summed E-state index contributed by atoms with van der Waals surface area (Å²) in [5.74, 6) is 0.284. The Hall–Kier alpha value is -3.41. The van der Waals surface area contributed by atoms with E-state index in [1.54, 1.807) is 38.3 Å². The van der Waals surface area contributed by atoms with Crippen LogP contribution >= 0.6 is 0 Å². The van der Waals surface area contributed by atoms with Gasteiger partial charge in [-0.25, -0.2) is 0 Å². The Bertz CT molecular complexity index is 1130. The van der Waals surface area contributed by atoms with Crippen molar-refractivity contribution in [1.82, 2.24) is 0 Å². The fourth-order valence-electron chi connectivity index (χ4n) is 4.46. The van der Waals surface area contributed by atoms with Crippen molar-refractivity contribution in [3.8, 4) is 5.75 Å². The zero-order valence-corrected chi connectivity index (χ0v) is 19.5. The number of unbranched alkanes of at least 4 members (excludes halogenated alkanes) is 1. The van der Waals surface area contributed by atoms with Gasteiger partial charge in [-0.15, -0.1) is 0 Å². The van der Waals surface area contributed by atoms with E-state index >= 15 is 0 Å². The maximum absolute atomic E-state index is 13.5. The number of carbonyl (C=O) groups excluding carboxylic acids is 2. The number of oxime groups is 1. The molecule has 2 aromatic carbocycles. The number of methoxy groups -OCH3 is 1. The summed E-state index contributed by atoms with van der Waals surface area (Å²) in [7, 11) is 1.62. The Morgan fingerprint density at radius 3 is 2.24 bits per heavy atom. The summed E-state index contributed by atoms with van der Waals surface area (Å²) in [5.41, 5.74) is 3.07. The number of nitrogens with zero attached hydrogens (tertiary/aromatic N) is 1. The third kappa shape index (κ3) is 4.70. The Morgan fingerprint density at radius 2 is 1.64 bits per heavy atom. The first-order chi connectivity index (χ1) is 15.8. The molecule has 0 bridgehead atoms. The number of carbonyl (C=O) groups is 2. The highest BCUT2D eigenvalue weighted by atomic mass is 16.8. The van der Waals surface area contributed by atoms with Crippen molar-refractivity contribution < 1.29 is 23.9 Å². The van der Waals surface area contributed by atoms with E-state index in [4.69, 9.17) is 14.3 Å². The Balaban J connectivity index is 1.58. The van der Waals surface area contributed by atoms with Crippen molar-refractivity contribution in [2.24, 2.45) is 5.16 Å². The minimum absolute atomic E-state index is 0.0674. The van der Waals surface area contributed by atoms with Crippen LogP contribution in [0.2, 0.25) is 0 Å². The average Bonchev–Trinajstić information content (AvgIpc) is 3.17. The second kappa shape index (κ2) is 9.22. The highest BCUT2D eigenvalue weighted by Crippen LogP contribution is 2.39. The van der Waals surface area contributed by atoms with Gasteiger partial charge in [-0.1, -0.05) is 42.8 Å². The lowest BCUT2D eigenvalue weighted by Gasteiger charge is -2.26. The third-order valence-electron chi connectivity index (χ3n) is 6.14. The van der Waals surface area contributed by atoms with Gasteiger partial charge in [0.05, 0.1) is 7.11 Å². The molecule has 0 fully saturated rings. The normalized spacial score (nSPS) is 17.8. The van der Waals surface area contributed by atoms with Crippen LogP contribution in [-0.4, -0.2) is 30.4 Å². The molecule has 0 saturated heterocycles. The second-order valence-corrected chi connectivity index (χ2v) is 8.89. The summed E-state index contributed by atoms with van der Waals surface area (Å²) in [5, 5.41) is 4.00. The van der Waals surface area contributed by atoms with E-state index in [0.717, 1.165) is 30.6 Å². The van der Waals surface area contributed by atoms with Gasteiger partial charge in [0, 0.05) is 48.5 Å². The zero-order chi connectivity index (χ0) is 23.6. The van der Waals surface area contributed by atoms with Crippen LogP contribution in [0.1, 0.15) is 78.7 Å². The largest absolute Gasteiger partial charge is 0.497 e. The van der Waals surface area contributed by atoms with E-state index in [2.05, 4.69) is 5.16 Å². The van der Waals surface area contributed by atoms with Crippen molar-refractivity contribution in [3.63, 3.8) is 0 Å². The molecule has 1 atom stereocenters. The Morgan fingerprint density at radius 1 is 0.970 bits per heavy atom. The average molecular weight is 448 g/mol. The number of fused-ring (bicyclic) bond motifs is 1. The summed E-state index contributed by atoms with van der Waals surface area (Å²) in [6, 6.07) is 14.8. The molecule has 0 radical (unpaired) electrons. The fraction of sp³-hybridized carbons (Fsp3) is 0.370. The number of rotatable bonds is 8. The predicted molar refractivity (Wildman–Crippen MR) is 126 cm³/mol. The van der Waals surface area contributed by atoms with Crippen LogP contribution in [0.4, 0.5) is 0 Å². The van der Waals surface area contributed by atoms with Gasteiger partial charge in [-0.05, 0) is 42.6 Å². The summed E-state index contributed by atoms with van der Waals surface area (Å²) >= 11 is 0. The molecule has 6 nitrogen and oxygen atoms in total. The van der Waals surface area contributed by atoms with E-state index in [1.165, 1.54) is 0 Å². The van der Waals surface area contributed by atoms with E-state index < -0.39 is 5.79 Å². The maximum Gasteiger partial charge on any atom is 0.271 e. The van der Waals surface area contributed by atoms with Gasteiger partial charge in [0.1, 0.15) is 5.75 Å². The molecule has 0 aromatic heterocycles. The molecule has 6 heteroatoms. The second-order valence-electron chi connectivity index (χ2n) is 8.89. The molecule has 1 aliphatic heterocycles. The number of Topliss-reactive ketones (excluding diaryl/α,β-unsaturated/α-hetero) is 2. The van der Waals surface area contributed by atoms with Gasteiger partial charge >= 0.3 is 0 Å². The van der Waals surface area contributed by atoms with Crippen molar-refractivity contribution >= 4 is 17.5 Å². The van der Waals surface area contributed by atoms with Crippen molar-refractivity contribution in [1.29, 1.82) is 0 Å². The lowest BCUT2D eigenvalue weighted by atomic mass is 9.75. The first-order valence-corrected chi connectivity index (χ1v) is 11.3. The number of benzene rings is 2. The van der Waals surface area contributed by atoms with E-state index in [0.29, 0.717) is 34.6 Å². The molecule has 172 valence electrons. The van der Waals surface area contributed by atoms with Gasteiger partial charge in [0.2, 0.25) is 5.90 Å². The Kier molecular flexibility index (Phi) is 6.36. The van der Waals surface area contributed by atoms with Crippen LogP contribution in [0.15, 0.2) is 64.8 Å². The summed E-state index contributed by atoms with van der Waals surface area (Å²) < 4.78 is 11.0. The fourth-order valence-corrected chi connectivity index (χ4v) is 4.46. The Labute approximate surface area is 194 Å².